The molecule has 2 N–H and O–H groups in total. The van der Waals surface area contributed by atoms with Gasteiger partial charge in [-0.2, -0.15) is 5.10 Å². The summed E-state index contributed by atoms with van der Waals surface area (Å²) >= 11 is 0. The Hall–Kier alpha value is -2.58. The predicted octanol–water partition coefficient (Wildman–Crippen LogP) is 0.648. The van der Waals surface area contributed by atoms with Gasteiger partial charge in [-0.1, -0.05) is 0 Å². The van der Waals surface area contributed by atoms with Crippen molar-refractivity contribution < 1.29 is 4.79 Å². The average Bonchev–Trinajstić information content (AvgIpc) is 3.05. The van der Waals surface area contributed by atoms with E-state index in [2.05, 4.69) is 36.9 Å². The molecule has 124 valence electrons. The minimum atomic E-state index is -0.255. The lowest BCUT2D eigenvalue weighted by atomic mass is 10.1. The van der Waals surface area contributed by atoms with Crippen LogP contribution in [0, 0.1) is 6.92 Å². The Morgan fingerprint density at radius 3 is 2.87 bits per heavy atom. The Morgan fingerprint density at radius 2 is 2.22 bits per heavy atom. The first-order valence-electron chi connectivity index (χ1n) is 7.70. The number of piperidine rings is 1. The van der Waals surface area contributed by atoms with Gasteiger partial charge in [0.2, 0.25) is 5.95 Å². The monoisotopic (exact) mass is 318 g/mol. The summed E-state index contributed by atoms with van der Waals surface area (Å²) in [6.07, 6.45) is 3.53. The number of urea groups is 1. The molecule has 0 aliphatic carbocycles. The second-order valence-electron chi connectivity index (χ2n) is 5.92. The summed E-state index contributed by atoms with van der Waals surface area (Å²) in [6.45, 7) is 3.73. The van der Waals surface area contributed by atoms with E-state index in [4.69, 9.17) is 0 Å². The van der Waals surface area contributed by atoms with E-state index in [0.717, 1.165) is 37.4 Å². The van der Waals surface area contributed by atoms with Gasteiger partial charge in [0.05, 0.1) is 5.69 Å². The molecule has 1 atom stereocenters. The third kappa shape index (κ3) is 3.43. The first-order valence-corrected chi connectivity index (χ1v) is 7.70. The van der Waals surface area contributed by atoms with Crippen LogP contribution < -0.4 is 15.5 Å². The number of nitrogens with one attached hydrogen (secondary N) is 2. The summed E-state index contributed by atoms with van der Waals surface area (Å²) < 4.78 is 3.54. The maximum atomic E-state index is 12.1. The van der Waals surface area contributed by atoms with Crippen molar-refractivity contribution in [2.45, 2.75) is 25.8 Å². The molecule has 23 heavy (non-hydrogen) atoms. The molecule has 2 amide bonds. The maximum Gasteiger partial charge on any atom is 0.321 e. The van der Waals surface area contributed by atoms with Gasteiger partial charge in [0.15, 0.2) is 0 Å². The highest BCUT2D eigenvalue weighted by molar-refractivity contribution is 5.87. The van der Waals surface area contributed by atoms with Crippen LogP contribution in [0.5, 0.6) is 0 Å². The van der Waals surface area contributed by atoms with Crippen LogP contribution in [-0.2, 0) is 14.1 Å². The van der Waals surface area contributed by atoms with Crippen molar-refractivity contribution in [2.75, 3.05) is 23.3 Å². The van der Waals surface area contributed by atoms with Crippen LogP contribution in [0.25, 0.3) is 0 Å². The third-order valence-corrected chi connectivity index (χ3v) is 3.99. The van der Waals surface area contributed by atoms with Gasteiger partial charge in [0.1, 0.15) is 12.1 Å². The fourth-order valence-electron chi connectivity index (χ4n) is 2.92. The van der Waals surface area contributed by atoms with Crippen molar-refractivity contribution in [1.82, 2.24) is 29.9 Å². The van der Waals surface area contributed by atoms with Crippen LogP contribution >= 0.6 is 0 Å². The SMILES string of the molecule is Cc1cc(N2CCCC(NC(=O)Nc3nncn3C)C2)n(C)n1. The fraction of sp³-hybridized carbons (Fsp3) is 0.571. The zero-order chi connectivity index (χ0) is 16.4. The molecule has 0 aromatic carbocycles. The Kier molecular flexibility index (Phi) is 4.18. The van der Waals surface area contributed by atoms with Gasteiger partial charge in [-0.05, 0) is 19.8 Å². The van der Waals surface area contributed by atoms with Gasteiger partial charge in [-0.3, -0.25) is 10.00 Å². The second-order valence-corrected chi connectivity index (χ2v) is 5.92. The van der Waals surface area contributed by atoms with E-state index >= 15 is 0 Å². The quantitative estimate of drug-likeness (QED) is 0.866. The number of aromatic nitrogens is 5. The van der Waals surface area contributed by atoms with E-state index in [9.17, 15) is 4.79 Å². The van der Waals surface area contributed by atoms with Gasteiger partial charge in [0.25, 0.3) is 0 Å². The lowest BCUT2D eigenvalue weighted by Crippen LogP contribution is -2.49. The molecule has 9 heteroatoms. The van der Waals surface area contributed by atoms with Gasteiger partial charge < -0.3 is 14.8 Å². The molecule has 1 fully saturated rings. The van der Waals surface area contributed by atoms with Gasteiger partial charge in [-0.15, -0.1) is 10.2 Å². The van der Waals surface area contributed by atoms with E-state index in [1.54, 1.807) is 17.9 Å². The minimum Gasteiger partial charge on any atom is -0.355 e. The molecule has 0 radical (unpaired) electrons. The molecule has 1 aliphatic rings. The van der Waals surface area contributed by atoms with Gasteiger partial charge in [0, 0.05) is 39.3 Å². The molecule has 3 heterocycles. The number of nitrogens with zero attached hydrogens (tertiary/aromatic N) is 6. The van der Waals surface area contributed by atoms with Crippen LogP contribution in [0.1, 0.15) is 18.5 Å². The van der Waals surface area contributed by atoms with Crippen molar-refractivity contribution in [1.29, 1.82) is 0 Å². The summed E-state index contributed by atoms with van der Waals surface area (Å²) in [5.41, 5.74) is 0.998. The predicted molar refractivity (Wildman–Crippen MR) is 86.3 cm³/mol. The van der Waals surface area contributed by atoms with E-state index in [1.165, 1.54) is 0 Å². The normalized spacial score (nSPS) is 18.0. The average molecular weight is 318 g/mol. The number of aryl methyl sites for hydroxylation is 3. The number of hydrogen-bond donors (Lipinski definition) is 2. The second kappa shape index (κ2) is 6.27. The van der Waals surface area contributed by atoms with Crippen molar-refractivity contribution in [3.63, 3.8) is 0 Å². The Labute approximate surface area is 134 Å². The Bertz CT molecular complexity index is 691. The molecule has 1 aliphatic heterocycles. The molecular formula is C14H22N8O. The molecule has 2 aromatic heterocycles. The summed E-state index contributed by atoms with van der Waals surface area (Å²) in [4.78, 5) is 14.4. The standard InChI is InChI=1S/C14H22N8O/c1-10-7-12(21(3)19-10)22-6-4-5-11(8-22)16-14(23)17-13-18-15-9-20(13)2/h7,9,11H,4-6,8H2,1-3H3,(H2,16,17,18,23). The molecule has 1 unspecified atom stereocenters. The number of anilines is 2. The van der Waals surface area contributed by atoms with Crippen LogP contribution in [-0.4, -0.2) is 49.7 Å². The molecular weight excluding hydrogens is 296 g/mol. The number of rotatable bonds is 3. The highest BCUT2D eigenvalue weighted by atomic mass is 16.2. The van der Waals surface area contributed by atoms with E-state index in [-0.39, 0.29) is 12.1 Å². The summed E-state index contributed by atoms with van der Waals surface area (Å²) in [6, 6.07) is 1.91. The Morgan fingerprint density at radius 1 is 1.39 bits per heavy atom. The fourth-order valence-corrected chi connectivity index (χ4v) is 2.92. The lowest BCUT2D eigenvalue weighted by molar-refractivity contribution is 0.246. The molecule has 9 nitrogen and oxygen atoms in total. The molecule has 0 saturated carbocycles. The van der Waals surface area contributed by atoms with E-state index in [0.29, 0.717) is 5.95 Å². The maximum absolute atomic E-state index is 12.1. The number of carbonyl (C=O) groups excluding carboxylic acids is 1. The summed E-state index contributed by atoms with van der Waals surface area (Å²) in [7, 11) is 3.73. The first-order chi connectivity index (χ1) is 11.0. The van der Waals surface area contributed by atoms with Crippen LogP contribution in [0.3, 0.4) is 0 Å². The number of carbonyl (C=O) groups is 1. The van der Waals surface area contributed by atoms with E-state index < -0.39 is 0 Å². The van der Waals surface area contributed by atoms with Gasteiger partial charge in [-0.25, -0.2) is 4.79 Å². The van der Waals surface area contributed by atoms with Crippen LogP contribution in [0.4, 0.5) is 16.6 Å². The summed E-state index contributed by atoms with van der Waals surface area (Å²) in [5.74, 6) is 1.51. The molecule has 0 bridgehead atoms. The van der Waals surface area contributed by atoms with Crippen molar-refractivity contribution in [3.05, 3.63) is 18.1 Å². The first kappa shape index (κ1) is 15.3. The summed E-state index contributed by atoms with van der Waals surface area (Å²) in [5, 5.41) is 17.7. The van der Waals surface area contributed by atoms with Crippen LogP contribution in [0.15, 0.2) is 12.4 Å². The number of hydrogen-bond acceptors (Lipinski definition) is 5. The molecule has 3 rings (SSSR count). The smallest absolute Gasteiger partial charge is 0.321 e. The topological polar surface area (TPSA) is 92.9 Å². The molecule has 0 spiro atoms. The van der Waals surface area contributed by atoms with Gasteiger partial charge >= 0.3 is 6.03 Å². The lowest BCUT2D eigenvalue weighted by Gasteiger charge is -2.34. The van der Waals surface area contributed by atoms with Crippen LogP contribution in [0.2, 0.25) is 0 Å². The zero-order valence-electron chi connectivity index (χ0n) is 13.7. The molecule has 1 saturated heterocycles. The third-order valence-electron chi connectivity index (χ3n) is 3.99. The largest absolute Gasteiger partial charge is 0.355 e. The van der Waals surface area contributed by atoms with Crippen molar-refractivity contribution >= 4 is 17.8 Å². The zero-order valence-corrected chi connectivity index (χ0v) is 13.7. The molecule has 2 aromatic rings. The highest BCUT2D eigenvalue weighted by Gasteiger charge is 2.23. The van der Waals surface area contributed by atoms with E-state index in [1.807, 2.05) is 18.7 Å². The number of amides is 2. The minimum absolute atomic E-state index is 0.0900. The van der Waals surface area contributed by atoms with Crippen molar-refractivity contribution in [3.8, 4) is 0 Å². The highest BCUT2D eigenvalue weighted by Crippen LogP contribution is 2.20. The Balaban J connectivity index is 1.59. The van der Waals surface area contributed by atoms with Crippen molar-refractivity contribution in [2.24, 2.45) is 14.1 Å².